The van der Waals surface area contributed by atoms with Crippen molar-refractivity contribution in [2.24, 2.45) is 0 Å². The number of hydrogen-bond donors (Lipinski definition) is 2. The molecule has 4 heterocycles. The maximum atomic E-state index is 9.68. The van der Waals surface area contributed by atoms with Crippen LogP contribution < -0.4 is 10.9 Å². The largest absolute Gasteiger partial charge is 0.494 e. The lowest BCUT2D eigenvalue weighted by Crippen LogP contribution is -2.41. The van der Waals surface area contributed by atoms with Crippen LogP contribution in [0.25, 0.3) is 82.8 Å². The summed E-state index contributed by atoms with van der Waals surface area (Å²) in [6, 6.07) is 66.3. The monoisotopic (exact) mass is 1210 g/mol. The molecule has 80 heavy (non-hydrogen) atoms. The SMILES string of the molecule is C.C.CC1(C)OB(c2cc(C#N)cc(-c3cccc4c3sc3ccccc34)c2)OC1(C)C.N#Cc1cc(Cl)cc(-c2cccc3c2sc2ccccc23)c1.N#Cc1cc(Cl)cc(Br)c1.OB(O)c1cccc2c1sc1ccccc12. The van der Waals surface area contributed by atoms with Crippen molar-refractivity contribution in [3.8, 4) is 40.5 Å². The van der Waals surface area contributed by atoms with Crippen molar-refractivity contribution in [2.75, 3.05) is 0 Å². The Labute approximate surface area is 497 Å². The van der Waals surface area contributed by atoms with Gasteiger partial charge in [0, 0.05) is 69.6 Å². The lowest BCUT2D eigenvalue weighted by atomic mass is 9.77. The summed E-state index contributed by atoms with van der Waals surface area (Å²) >= 11 is 20.2. The Kier molecular flexibility index (Phi) is 18.4. The van der Waals surface area contributed by atoms with Crippen LogP contribution in [0.3, 0.4) is 0 Å². The lowest BCUT2D eigenvalue weighted by Gasteiger charge is -2.32. The number of benzene rings is 9. The first-order chi connectivity index (χ1) is 37.5. The maximum Gasteiger partial charge on any atom is 0.494 e. The zero-order valence-electron chi connectivity index (χ0n) is 42.4. The third-order valence-corrected chi connectivity index (χ3v) is 18.3. The molecule has 1 aliphatic rings. The number of nitriles is 3. The van der Waals surface area contributed by atoms with E-state index in [2.05, 4.69) is 125 Å². The van der Waals surface area contributed by atoms with Gasteiger partial charge in [0.05, 0.1) is 46.1 Å². The minimum absolute atomic E-state index is 0. The molecule has 1 aliphatic heterocycles. The third-order valence-electron chi connectivity index (χ3n) is 13.8. The van der Waals surface area contributed by atoms with Gasteiger partial charge in [0.2, 0.25) is 0 Å². The fourth-order valence-corrected chi connectivity index (χ4v) is 14.1. The first-order valence-electron chi connectivity index (χ1n) is 24.6. The Bertz CT molecular complexity index is 4370. The fraction of sp³-hybridized carbons (Fsp3) is 0.123. The summed E-state index contributed by atoms with van der Waals surface area (Å²) < 4.78 is 20.5. The van der Waals surface area contributed by atoms with E-state index >= 15 is 0 Å². The smallest absolute Gasteiger partial charge is 0.423 e. The van der Waals surface area contributed by atoms with Crippen molar-refractivity contribution in [3.05, 3.63) is 213 Å². The highest BCUT2D eigenvalue weighted by atomic mass is 79.9. The number of thiophene rings is 3. The van der Waals surface area contributed by atoms with Crippen LogP contribution in [-0.2, 0) is 9.31 Å². The van der Waals surface area contributed by atoms with Crippen molar-refractivity contribution in [3.63, 3.8) is 0 Å². The summed E-state index contributed by atoms with van der Waals surface area (Å²) in [6.07, 6.45) is 0. The van der Waals surface area contributed by atoms with Crippen LogP contribution in [0.1, 0.15) is 59.2 Å². The second kappa shape index (κ2) is 24.9. The number of rotatable bonds is 4. The molecule has 1 saturated heterocycles. The highest BCUT2D eigenvalue weighted by Crippen LogP contribution is 2.43. The highest BCUT2D eigenvalue weighted by Gasteiger charge is 2.51. The average molecular weight is 1210 g/mol. The second-order valence-corrected chi connectivity index (χ2v) is 24.4. The molecule has 396 valence electrons. The van der Waals surface area contributed by atoms with Gasteiger partial charge in [-0.1, -0.05) is 169 Å². The summed E-state index contributed by atoms with van der Waals surface area (Å²) in [5.41, 5.74) is 6.62. The third kappa shape index (κ3) is 12.2. The minimum Gasteiger partial charge on any atom is -0.423 e. The Morgan fingerprint density at radius 2 is 0.863 bits per heavy atom. The molecule has 0 atom stereocenters. The molecular weight excluding hydrogens is 1160 g/mol. The first-order valence-corrected chi connectivity index (χ1v) is 28.6. The van der Waals surface area contributed by atoms with Crippen molar-refractivity contribution >= 4 is 159 Å². The van der Waals surface area contributed by atoms with Crippen LogP contribution in [0.4, 0.5) is 0 Å². The molecule has 0 radical (unpaired) electrons. The van der Waals surface area contributed by atoms with Gasteiger partial charge in [0.25, 0.3) is 0 Å². The molecule has 13 rings (SSSR count). The van der Waals surface area contributed by atoms with Gasteiger partial charge in [0.1, 0.15) is 0 Å². The molecule has 0 bridgehead atoms. The van der Waals surface area contributed by atoms with Crippen LogP contribution in [0.15, 0.2) is 186 Å². The molecule has 1 fully saturated rings. The Hall–Kier alpha value is -6.86. The van der Waals surface area contributed by atoms with E-state index in [0.717, 1.165) is 42.3 Å². The molecule has 0 spiro atoms. The van der Waals surface area contributed by atoms with Crippen LogP contribution >= 0.6 is 73.1 Å². The maximum absolute atomic E-state index is 9.68. The van der Waals surface area contributed by atoms with E-state index < -0.39 is 25.4 Å². The van der Waals surface area contributed by atoms with E-state index in [9.17, 15) is 15.3 Å². The quantitative estimate of drug-likeness (QED) is 0.168. The van der Waals surface area contributed by atoms with Gasteiger partial charge in [-0.3, -0.25) is 0 Å². The predicted octanol–water partition coefficient (Wildman–Crippen LogP) is 18.1. The number of hydrogen-bond acceptors (Lipinski definition) is 10. The molecule has 0 saturated carbocycles. The van der Waals surface area contributed by atoms with Gasteiger partial charge in [0.15, 0.2) is 0 Å². The summed E-state index contributed by atoms with van der Waals surface area (Å²) in [7, 11) is -1.90. The Morgan fingerprint density at radius 1 is 0.475 bits per heavy atom. The normalized spacial score (nSPS) is 12.9. The molecule has 0 unspecified atom stereocenters. The van der Waals surface area contributed by atoms with E-state index in [1.807, 2.05) is 88.4 Å². The van der Waals surface area contributed by atoms with E-state index in [1.165, 1.54) is 50.4 Å². The van der Waals surface area contributed by atoms with Crippen molar-refractivity contribution < 1.29 is 19.4 Å². The molecule has 0 aliphatic carbocycles. The summed E-state index contributed by atoms with van der Waals surface area (Å²) in [5, 5.41) is 54.4. The Balaban J connectivity index is 0.000000148. The van der Waals surface area contributed by atoms with Crippen molar-refractivity contribution in [1.82, 2.24) is 0 Å². The molecule has 15 heteroatoms. The van der Waals surface area contributed by atoms with Gasteiger partial charge in [-0.2, -0.15) is 15.8 Å². The molecule has 2 N–H and O–H groups in total. The van der Waals surface area contributed by atoms with E-state index in [1.54, 1.807) is 64.3 Å². The van der Waals surface area contributed by atoms with Gasteiger partial charge in [-0.25, -0.2) is 0 Å². The second-order valence-electron chi connectivity index (χ2n) is 19.4. The summed E-state index contributed by atoms with van der Waals surface area (Å²) in [6.45, 7) is 8.17. The van der Waals surface area contributed by atoms with Gasteiger partial charge >= 0.3 is 14.2 Å². The number of halogens is 3. The standard InChI is InChI=1S/C25H22BNO2S.C19H10ClNS.C12H9BO2S.C7H3BrClN.2CH4/c1-24(2)25(3,4)29-26(28-24)18-13-16(15-27)12-17(14-18)19-9-7-10-21-20-8-5-6-11-22(20)30-23(19)21;20-14-9-12(11-21)8-13(10-14)15-5-3-6-17-16-4-1-2-7-18(16)22-19(15)17;14-13(15)10-6-3-5-9-8-4-1-2-7-11(8)16-12(9)10;8-6-1-5(4-10)2-7(9)3-6;;/h5-14H,1-4H3;1-10H;1-7,14-15H;1-3H;2*1H4. The topological polar surface area (TPSA) is 130 Å². The molecule has 12 aromatic rings. The van der Waals surface area contributed by atoms with Gasteiger partial charge < -0.3 is 19.4 Å². The van der Waals surface area contributed by atoms with Crippen LogP contribution in [0, 0.1) is 34.0 Å². The fourth-order valence-electron chi connectivity index (χ4n) is 9.34. The lowest BCUT2D eigenvalue weighted by molar-refractivity contribution is 0.00578. The van der Waals surface area contributed by atoms with Crippen molar-refractivity contribution in [1.29, 1.82) is 15.8 Å². The molecule has 7 nitrogen and oxygen atoms in total. The van der Waals surface area contributed by atoms with Crippen LogP contribution in [0.2, 0.25) is 10.0 Å². The van der Waals surface area contributed by atoms with E-state index in [4.69, 9.17) is 43.0 Å². The molecule has 0 amide bonds. The average Bonchev–Trinajstić information content (AvgIpc) is 4.33. The molecule has 3 aromatic heterocycles. The predicted molar refractivity (Wildman–Crippen MR) is 346 cm³/mol. The summed E-state index contributed by atoms with van der Waals surface area (Å²) in [5.74, 6) is 0. The van der Waals surface area contributed by atoms with Gasteiger partial charge in [-0.05, 0) is 133 Å². The zero-order valence-corrected chi connectivity index (χ0v) is 47.9. The van der Waals surface area contributed by atoms with E-state index in [-0.39, 0.29) is 14.9 Å². The number of nitrogens with zero attached hydrogens (tertiary/aromatic N) is 3. The minimum atomic E-state index is -1.41. The van der Waals surface area contributed by atoms with Crippen LogP contribution in [-0.4, -0.2) is 35.5 Å². The molecular formula is C65H52B2BrCl2N3O4S3. The van der Waals surface area contributed by atoms with Crippen LogP contribution in [0.5, 0.6) is 0 Å². The van der Waals surface area contributed by atoms with Gasteiger partial charge in [-0.15, -0.1) is 34.0 Å². The highest BCUT2D eigenvalue weighted by molar-refractivity contribution is 9.10. The number of fused-ring (bicyclic) bond motifs is 9. The van der Waals surface area contributed by atoms with E-state index in [0.29, 0.717) is 32.2 Å². The first kappa shape index (κ1) is 59.3. The molecule has 9 aromatic carbocycles. The van der Waals surface area contributed by atoms with Crippen molar-refractivity contribution in [2.45, 2.75) is 53.8 Å². The summed E-state index contributed by atoms with van der Waals surface area (Å²) in [4.78, 5) is 0. The zero-order chi connectivity index (χ0) is 54.9. The Morgan fingerprint density at radius 3 is 1.32 bits per heavy atom.